The van der Waals surface area contributed by atoms with Crippen molar-refractivity contribution in [1.29, 1.82) is 0 Å². The molecule has 4 atom stereocenters. The first-order valence-electron chi connectivity index (χ1n) is 5.06. The van der Waals surface area contributed by atoms with Crippen LogP contribution in [0.1, 0.15) is 20.8 Å². The normalized spacial score (nSPS) is 40.1. The minimum Gasteiger partial charge on any atom is -0.394 e. The second kappa shape index (κ2) is 4.05. The first-order chi connectivity index (χ1) is 7.14. The Bertz CT molecular complexity index is 284. The van der Waals surface area contributed by atoms with Crippen molar-refractivity contribution in [3.8, 4) is 0 Å². The van der Waals surface area contributed by atoms with Gasteiger partial charge in [0.1, 0.15) is 18.3 Å². The lowest BCUT2D eigenvalue weighted by atomic mass is 9.83. The summed E-state index contributed by atoms with van der Waals surface area (Å²) >= 11 is 0. The summed E-state index contributed by atoms with van der Waals surface area (Å²) in [4.78, 5) is 11.9. The van der Waals surface area contributed by atoms with Crippen molar-refractivity contribution in [2.45, 2.75) is 44.9 Å². The van der Waals surface area contributed by atoms with Crippen LogP contribution in [0.5, 0.6) is 0 Å². The number of rotatable bonds is 2. The molecule has 6 nitrogen and oxygen atoms in total. The smallest absolute Gasteiger partial charge is 0.257 e. The first-order valence-corrected chi connectivity index (χ1v) is 5.06. The number of aliphatic hydroxyl groups excluding tert-OH is 3. The van der Waals surface area contributed by atoms with E-state index in [-0.39, 0.29) is 0 Å². The minimum atomic E-state index is -2.45. The predicted octanol–water partition coefficient (Wildman–Crippen LogP) is -1.60. The van der Waals surface area contributed by atoms with Gasteiger partial charge in [-0.15, -0.1) is 0 Å². The summed E-state index contributed by atoms with van der Waals surface area (Å²) in [5.74, 6) is -3.19. The molecule has 0 radical (unpaired) electrons. The van der Waals surface area contributed by atoms with Gasteiger partial charge in [0.2, 0.25) is 0 Å². The molecule has 1 aliphatic rings. The Morgan fingerprint density at radius 1 is 1.38 bits per heavy atom. The molecule has 1 aliphatic heterocycles. The molecule has 1 rings (SSSR count). The van der Waals surface area contributed by atoms with Crippen molar-refractivity contribution >= 4 is 5.78 Å². The monoisotopic (exact) mass is 234 g/mol. The Kier molecular flexibility index (Phi) is 3.42. The summed E-state index contributed by atoms with van der Waals surface area (Å²) in [6, 6.07) is 0. The van der Waals surface area contributed by atoms with Crippen LogP contribution in [0.2, 0.25) is 0 Å². The van der Waals surface area contributed by atoms with Crippen LogP contribution >= 0.6 is 0 Å². The van der Waals surface area contributed by atoms with Crippen molar-refractivity contribution in [2.75, 3.05) is 6.61 Å². The lowest BCUT2D eigenvalue weighted by Crippen LogP contribution is -2.54. The zero-order valence-electron chi connectivity index (χ0n) is 9.54. The maximum absolute atomic E-state index is 11.9. The standard InChI is InChI=1S/C10H18O6/c1-9(2,3)8(14)10(15)7(13)6(12)5(4-11)16-10/h5-7,11-13,15H,4H2,1-3H3/t5-,6+,7-,10?/m1/s1. The van der Waals surface area contributed by atoms with Gasteiger partial charge in [0.15, 0.2) is 5.78 Å². The molecule has 94 valence electrons. The fourth-order valence-electron chi connectivity index (χ4n) is 1.68. The highest BCUT2D eigenvalue weighted by Crippen LogP contribution is 2.35. The molecule has 0 bridgehead atoms. The number of Topliss-reactive ketones (excluding diaryl/α,β-unsaturated/α-hetero) is 1. The summed E-state index contributed by atoms with van der Waals surface area (Å²) in [5.41, 5.74) is -0.931. The van der Waals surface area contributed by atoms with E-state index in [1.807, 2.05) is 0 Å². The molecule has 0 aromatic heterocycles. The number of hydrogen-bond acceptors (Lipinski definition) is 6. The van der Waals surface area contributed by atoms with Crippen molar-refractivity contribution in [2.24, 2.45) is 5.41 Å². The van der Waals surface area contributed by atoms with E-state index >= 15 is 0 Å². The van der Waals surface area contributed by atoms with Crippen molar-refractivity contribution < 1.29 is 30.0 Å². The van der Waals surface area contributed by atoms with Crippen LogP contribution in [0.15, 0.2) is 0 Å². The highest BCUT2D eigenvalue weighted by molar-refractivity contribution is 5.91. The average Bonchev–Trinajstić information content (AvgIpc) is 2.41. The highest BCUT2D eigenvalue weighted by atomic mass is 16.7. The van der Waals surface area contributed by atoms with Crippen LogP contribution in [-0.4, -0.2) is 56.9 Å². The summed E-state index contributed by atoms with van der Waals surface area (Å²) in [5, 5.41) is 37.9. The van der Waals surface area contributed by atoms with Gasteiger partial charge < -0.3 is 25.2 Å². The maximum atomic E-state index is 11.9. The Morgan fingerprint density at radius 3 is 2.19 bits per heavy atom. The molecule has 1 saturated heterocycles. The molecule has 0 aliphatic carbocycles. The Hall–Kier alpha value is -0.530. The SMILES string of the molecule is CC(C)(C)C(=O)C1(O)O[C@H](CO)[C@H](O)[C@H]1O. The Balaban J connectivity index is 2.99. The minimum absolute atomic E-state index is 0.585. The summed E-state index contributed by atoms with van der Waals surface area (Å²) in [7, 11) is 0. The van der Waals surface area contributed by atoms with Gasteiger partial charge in [-0.05, 0) is 0 Å². The predicted molar refractivity (Wildman–Crippen MR) is 53.4 cm³/mol. The molecule has 0 amide bonds. The lowest BCUT2D eigenvalue weighted by Gasteiger charge is -2.30. The maximum Gasteiger partial charge on any atom is 0.257 e. The topological polar surface area (TPSA) is 107 Å². The fraction of sp³-hybridized carbons (Fsp3) is 0.900. The van der Waals surface area contributed by atoms with Crippen LogP contribution in [0.4, 0.5) is 0 Å². The van der Waals surface area contributed by atoms with Gasteiger partial charge in [-0.3, -0.25) is 4.79 Å². The van der Waals surface area contributed by atoms with E-state index in [0.29, 0.717) is 0 Å². The number of carbonyl (C=O) groups excluding carboxylic acids is 1. The van der Waals surface area contributed by atoms with Crippen molar-refractivity contribution in [3.63, 3.8) is 0 Å². The Morgan fingerprint density at radius 2 is 1.88 bits per heavy atom. The van der Waals surface area contributed by atoms with E-state index in [1.54, 1.807) is 20.8 Å². The number of ketones is 1. The first kappa shape index (κ1) is 13.5. The molecule has 1 heterocycles. The van der Waals surface area contributed by atoms with Crippen LogP contribution in [0, 0.1) is 5.41 Å². The largest absolute Gasteiger partial charge is 0.394 e. The molecule has 0 saturated carbocycles. The number of ether oxygens (including phenoxy) is 1. The quantitative estimate of drug-likeness (QED) is 0.458. The third-order valence-electron chi connectivity index (χ3n) is 2.62. The molecular formula is C10H18O6. The average molecular weight is 234 g/mol. The summed E-state index contributed by atoms with van der Waals surface area (Å²) in [6.45, 7) is 4.09. The Labute approximate surface area is 93.5 Å². The van der Waals surface area contributed by atoms with Gasteiger partial charge in [-0.1, -0.05) is 20.8 Å². The van der Waals surface area contributed by atoms with Crippen molar-refractivity contribution in [1.82, 2.24) is 0 Å². The van der Waals surface area contributed by atoms with E-state index in [0.717, 1.165) is 0 Å². The molecule has 0 spiro atoms. The molecule has 0 aromatic rings. The van der Waals surface area contributed by atoms with Crippen LogP contribution in [0.25, 0.3) is 0 Å². The molecule has 1 unspecified atom stereocenters. The van der Waals surface area contributed by atoms with Crippen molar-refractivity contribution in [3.05, 3.63) is 0 Å². The zero-order valence-corrected chi connectivity index (χ0v) is 9.54. The molecule has 4 N–H and O–H groups in total. The van der Waals surface area contributed by atoms with E-state index in [2.05, 4.69) is 0 Å². The number of carbonyl (C=O) groups is 1. The third kappa shape index (κ3) is 1.99. The number of hydrogen-bond donors (Lipinski definition) is 4. The van der Waals surface area contributed by atoms with E-state index < -0.39 is 41.9 Å². The van der Waals surface area contributed by atoms with E-state index in [4.69, 9.17) is 9.84 Å². The molecule has 16 heavy (non-hydrogen) atoms. The van der Waals surface area contributed by atoms with E-state index in [1.165, 1.54) is 0 Å². The molecular weight excluding hydrogens is 216 g/mol. The third-order valence-corrected chi connectivity index (χ3v) is 2.62. The number of aliphatic hydroxyl groups is 4. The van der Waals surface area contributed by atoms with Crippen LogP contribution in [-0.2, 0) is 9.53 Å². The molecule has 6 heteroatoms. The van der Waals surface area contributed by atoms with Gasteiger partial charge >= 0.3 is 0 Å². The second-order valence-corrected chi connectivity index (χ2v) is 5.05. The van der Waals surface area contributed by atoms with Gasteiger partial charge in [0, 0.05) is 5.41 Å². The fourth-order valence-corrected chi connectivity index (χ4v) is 1.68. The zero-order chi connectivity index (χ0) is 12.7. The van der Waals surface area contributed by atoms with Crippen LogP contribution in [0.3, 0.4) is 0 Å². The van der Waals surface area contributed by atoms with E-state index in [9.17, 15) is 20.1 Å². The molecule has 0 aromatic carbocycles. The lowest BCUT2D eigenvalue weighted by molar-refractivity contribution is -0.229. The molecule has 1 fully saturated rings. The second-order valence-electron chi connectivity index (χ2n) is 5.05. The highest BCUT2D eigenvalue weighted by Gasteiger charge is 2.59. The van der Waals surface area contributed by atoms with Gasteiger partial charge in [0.05, 0.1) is 6.61 Å². The van der Waals surface area contributed by atoms with Gasteiger partial charge in [-0.25, -0.2) is 0 Å². The van der Waals surface area contributed by atoms with Gasteiger partial charge in [-0.2, -0.15) is 0 Å². The summed E-state index contributed by atoms with van der Waals surface area (Å²) < 4.78 is 4.87. The summed E-state index contributed by atoms with van der Waals surface area (Å²) in [6.07, 6.45) is -4.40. The van der Waals surface area contributed by atoms with Crippen LogP contribution < -0.4 is 0 Å². The van der Waals surface area contributed by atoms with Gasteiger partial charge in [0.25, 0.3) is 5.79 Å².